The van der Waals surface area contributed by atoms with Crippen LogP contribution in [0.5, 0.6) is 0 Å². The van der Waals surface area contributed by atoms with Gasteiger partial charge in [0.1, 0.15) is 5.92 Å². The minimum absolute atomic E-state index is 0.0591. The summed E-state index contributed by atoms with van der Waals surface area (Å²) in [5, 5.41) is 7.09. The summed E-state index contributed by atoms with van der Waals surface area (Å²) in [6, 6.07) is 0.246. The molecular formula is C8H12N2O2. The van der Waals surface area contributed by atoms with E-state index in [1.807, 2.05) is 0 Å². The lowest BCUT2D eigenvalue weighted by atomic mass is 9.90. The highest BCUT2D eigenvalue weighted by Crippen LogP contribution is 2.22. The molecule has 2 aliphatic heterocycles. The first-order chi connectivity index (χ1) is 5.83. The first-order valence-corrected chi connectivity index (χ1v) is 4.35. The molecule has 2 unspecified atom stereocenters. The van der Waals surface area contributed by atoms with Gasteiger partial charge in [-0.2, -0.15) is 0 Å². The van der Waals surface area contributed by atoms with Crippen LogP contribution in [0.2, 0.25) is 0 Å². The van der Waals surface area contributed by atoms with Crippen LogP contribution >= 0.6 is 0 Å². The summed E-state index contributed by atoms with van der Waals surface area (Å²) in [5.74, 6) is -0.235. The summed E-state index contributed by atoms with van der Waals surface area (Å²) in [5.41, 5.74) is 0.897. The highest BCUT2D eigenvalue weighted by atomic mass is 16.7. The van der Waals surface area contributed by atoms with Crippen molar-refractivity contribution in [3.63, 3.8) is 0 Å². The molecule has 1 fully saturated rings. The summed E-state index contributed by atoms with van der Waals surface area (Å²) in [6.07, 6.45) is 1.79. The molecule has 1 saturated heterocycles. The van der Waals surface area contributed by atoms with E-state index < -0.39 is 0 Å². The fourth-order valence-corrected chi connectivity index (χ4v) is 1.78. The number of nitrogens with zero attached hydrogens (tertiary/aromatic N) is 1. The molecule has 0 aliphatic carbocycles. The Morgan fingerprint density at radius 2 is 2.58 bits per heavy atom. The van der Waals surface area contributed by atoms with Crippen molar-refractivity contribution >= 4 is 11.7 Å². The second-order valence-electron chi connectivity index (χ2n) is 3.18. The molecule has 0 bridgehead atoms. The monoisotopic (exact) mass is 168 g/mol. The van der Waals surface area contributed by atoms with Crippen molar-refractivity contribution < 1.29 is 9.63 Å². The van der Waals surface area contributed by atoms with Crippen LogP contribution in [0.1, 0.15) is 19.8 Å². The number of hydrogen-bond acceptors (Lipinski definition) is 4. The van der Waals surface area contributed by atoms with Crippen LogP contribution < -0.4 is 5.32 Å². The lowest BCUT2D eigenvalue weighted by Gasteiger charge is -2.24. The molecule has 2 atom stereocenters. The molecule has 0 aromatic carbocycles. The number of oxime groups is 1. The van der Waals surface area contributed by atoms with Crippen molar-refractivity contribution in [1.29, 1.82) is 0 Å². The standard InChI is InChI=1S/C8H12N2O2/c1-2-6-7-5(3-4-9-6)8(11)12-10-7/h5-6,9H,2-4H2,1H3. The van der Waals surface area contributed by atoms with E-state index in [1.54, 1.807) is 0 Å². The number of nitrogens with one attached hydrogen (secondary N) is 1. The summed E-state index contributed by atoms with van der Waals surface area (Å²) >= 11 is 0. The van der Waals surface area contributed by atoms with Gasteiger partial charge in [0, 0.05) is 6.04 Å². The van der Waals surface area contributed by atoms with Gasteiger partial charge in [-0.15, -0.1) is 0 Å². The average molecular weight is 168 g/mol. The Balaban J connectivity index is 2.18. The Bertz CT molecular complexity index is 237. The van der Waals surface area contributed by atoms with Crippen LogP contribution in [-0.4, -0.2) is 24.3 Å². The molecule has 66 valence electrons. The number of fused-ring (bicyclic) bond motifs is 1. The van der Waals surface area contributed by atoms with E-state index in [0.717, 1.165) is 25.1 Å². The smallest absolute Gasteiger partial charge is 0.318 e. The molecule has 0 aromatic heterocycles. The molecule has 2 aliphatic rings. The van der Waals surface area contributed by atoms with Gasteiger partial charge in [0.25, 0.3) is 0 Å². The maximum absolute atomic E-state index is 11.1. The van der Waals surface area contributed by atoms with Gasteiger partial charge in [-0.1, -0.05) is 12.1 Å². The molecule has 1 N–H and O–H groups in total. The van der Waals surface area contributed by atoms with Gasteiger partial charge in [-0.25, -0.2) is 4.79 Å². The van der Waals surface area contributed by atoms with Gasteiger partial charge in [-0.05, 0) is 19.4 Å². The predicted molar refractivity (Wildman–Crippen MR) is 43.7 cm³/mol. The Labute approximate surface area is 71.0 Å². The normalized spacial score (nSPS) is 34.1. The molecule has 0 saturated carbocycles. The minimum Gasteiger partial charge on any atom is -0.318 e. The van der Waals surface area contributed by atoms with Crippen LogP contribution in [0.25, 0.3) is 0 Å². The van der Waals surface area contributed by atoms with Crippen molar-refractivity contribution in [2.24, 2.45) is 11.1 Å². The number of carbonyl (C=O) groups is 1. The summed E-state index contributed by atoms with van der Waals surface area (Å²) in [4.78, 5) is 15.7. The first kappa shape index (κ1) is 7.73. The van der Waals surface area contributed by atoms with E-state index in [-0.39, 0.29) is 17.9 Å². The molecule has 2 heterocycles. The van der Waals surface area contributed by atoms with E-state index in [2.05, 4.69) is 22.2 Å². The van der Waals surface area contributed by atoms with Crippen LogP contribution in [0.3, 0.4) is 0 Å². The quantitative estimate of drug-likeness (QED) is 0.572. The van der Waals surface area contributed by atoms with Gasteiger partial charge < -0.3 is 10.2 Å². The number of piperidine rings is 1. The van der Waals surface area contributed by atoms with Crippen LogP contribution in [0.4, 0.5) is 0 Å². The molecule has 0 amide bonds. The Morgan fingerprint density at radius 1 is 1.75 bits per heavy atom. The SMILES string of the molecule is CCC1NCCC2C(=O)ON=C12. The molecule has 2 rings (SSSR count). The first-order valence-electron chi connectivity index (χ1n) is 4.35. The fraction of sp³-hybridized carbons (Fsp3) is 0.750. The van der Waals surface area contributed by atoms with Crippen LogP contribution in [0.15, 0.2) is 5.16 Å². The third kappa shape index (κ3) is 1.03. The molecule has 0 radical (unpaired) electrons. The number of rotatable bonds is 1. The lowest BCUT2D eigenvalue weighted by molar-refractivity contribution is -0.143. The van der Waals surface area contributed by atoms with Crippen LogP contribution in [0, 0.1) is 5.92 Å². The van der Waals surface area contributed by atoms with Gasteiger partial charge >= 0.3 is 5.97 Å². The van der Waals surface area contributed by atoms with Gasteiger partial charge in [0.2, 0.25) is 0 Å². The molecule has 4 heteroatoms. The van der Waals surface area contributed by atoms with Crippen molar-refractivity contribution in [2.45, 2.75) is 25.8 Å². The summed E-state index contributed by atoms with van der Waals surface area (Å²) < 4.78 is 0. The third-order valence-corrected chi connectivity index (χ3v) is 2.47. The van der Waals surface area contributed by atoms with E-state index in [9.17, 15) is 4.79 Å². The maximum Gasteiger partial charge on any atom is 0.343 e. The molecule has 0 aromatic rings. The highest BCUT2D eigenvalue weighted by Gasteiger charge is 2.38. The topological polar surface area (TPSA) is 50.7 Å². The van der Waals surface area contributed by atoms with Gasteiger partial charge in [0.15, 0.2) is 0 Å². The van der Waals surface area contributed by atoms with Gasteiger partial charge in [0.05, 0.1) is 5.71 Å². The lowest BCUT2D eigenvalue weighted by Crippen LogP contribution is -2.46. The molecule has 4 nitrogen and oxygen atoms in total. The number of carbonyl (C=O) groups excluding carboxylic acids is 1. The fourth-order valence-electron chi connectivity index (χ4n) is 1.78. The van der Waals surface area contributed by atoms with E-state index in [0.29, 0.717) is 0 Å². The van der Waals surface area contributed by atoms with E-state index in [1.165, 1.54) is 0 Å². The van der Waals surface area contributed by atoms with Crippen molar-refractivity contribution in [3.05, 3.63) is 0 Å². The zero-order valence-corrected chi connectivity index (χ0v) is 7.04. The zero-order valence-electron chi connectivity index (χ0n) is 7.04. The predicted octanol–water partition coefficient (Wildman–Crippen LogP) is 0.287. The van der Waals surface area contributed by atoms with E-state index in [4.69, 9.17) is 0 Å². The second-order valence-corrected chi connectivity index (χ2v) is 3.18. The second kappa shape index (κ2) is 2.86. The summed E-state index contributed by atoms with van der Waals surface area (Å²) in [7, 11) is 0. The Hall–Kier alpha value is -0.900. The van der Waals surface area contributed by atoms with Crippen molar-refractivity contribution in [1.82, 2.24) is 5.32 Å². The molecular weight excluding hydrogens is 156 g/mol. The summed E-state index contributed by atoms with van der Waals surface area (Å²) in [6.45, 7) is 2.96. The Kier molecular flexibility index (Phi) is 1.84. The molecule has 0 spiro atoms. The largest absolute Gasteiger partial charge is 0.343 e. The van der Waals surface area contributed by atoms with E-state index >= 15 is 0 Å². The Morgan fingerprint density at radius 3 is 3.33 bits per heavy atom. The highest BCUT2D eigenvalue weighted by molar-refractivity contribution is 6.08. The third-order valence-electron chi connectivity index (χ3n) is 2.47. The van der Waals surface area contributed by atoms with Gasteiger partial charge in [-0.3, -0.25) is 0 Å². The number of hydrogen-bond donors (Lipinski definition) is 1. The minimum atomic E-state index is -0.176. The van der Waals surface area contributed by atoms with Crippen LogP contribution in [-0.2, 0) is 9.63 Å². The zero-order chi connectivity index (χ0) is 8.55. The van der Waals surface area contributed by atoms with Crippen molar-refractivity contribution in [3.8, 4) is 0 Å². The molecule has 12 heavy (non-hydrogen) atoms. The van der Waals surface area contributed by atoms with Crippen molar-refractivity contribution in [2.75, 3.05) is 6.54 Å². The maximum atomic E-state index is 11.1. The average Bonchev–Trinajstić information content (AvgIpc) is 2.48.